The normalized spacial score (nSPS) is 16.7. The molecule has 0 saturated heterocycles. The molecule has 6 nitrogen and oxygen atoms in total. The van der Waals surface area contributed by atoms with Gasteiger partial charge in [0.1, 0.15) is 5.75 Å². The average molecular weight is 488 g/mol. The van der Waals surface area contributed by atoms with Crippen LogP contribution >= 0.6 is 23.2 Å². The summed E-state index contributed by atoms with van der Waals surface area (Å²) >= 11 is 12.2. The minimum atomic E-state index is -4.02. The number of methoxy groups -OCH3 is 1. The van der Waals surface area contributed by atoms with Gasteiger partial charge in [0, 0.05) is 10.9 Å². The van der Waals surface area contributed by atoms with Gasteiger partial charge in [0.05, 0.1) is 24.3 Å². The van der Waals surface area contributed by atoms with Gasteiger partial charge in [0.25, 0.3) is 10.0 Å². The van der Waals surface area contributed by atoms with Gasteiger partial charge in [-0.1, -0.05) is 41.9 Å². The highest BCUT2D eigenvalue weighted by Gasteiger charge is 2.32. The number of hydrogen-bond acceptors (Lipinski definition) is 4. The fraction of sp³-hybridized carbons (Fsp3) is 0.130. The highest BCUT2D eigenvalue weighted by molar-refractivity contribution is 7.90. The molecule has 0 spiro atoms. The van der Waals surface area contributed by atoms with Crippen molar-refractivity contribution in [2.24, 2.45) is 9.50 Å². The van der Waals surface area contributed by atoms with E-state index in [1.54, 1.807) is 7.11 Å². The lowest BCUT2D eigenvalue weighted by Crippen LogP contribution is -2.23. The van der Waals surface area contributed by atoms with Crippen LogP contribution in [0.2, 0.25) is 5.02 Å². The maximum Gasteiger partial charge on any atom is 0.285 e. The summed E-state index contributed by atoms with van der Waals surface area (Å²) in [4.78, 5) is -0.00165. The molecule has 0 fully saturated rings. The van der Waals surface area contributed by atoms with E-state index in [4.69, 9.17) is 27.9 Å². The summed E-state index contributed by atoms with van der Waals surface area (Å²) in [6.45, 7) is 0.351. The second-order valence-corrected chi connectivity index (χ2v) is 9.43. The predicted octanol–water partition coefficient (Wildman–Crippen LogP) is 5.14. The number of ether oxygens (including phenoxy) is 1. The number of hydrazone groups is 1. The van der Waals surface area contributed by atoms with Crippen LogP contribution in [0.25, 0.3) is 0 Å². The molecule has 1 heterocycles. The number of amidine groups is 1. The first-order chi connectivity index (χ1) is 15.4. The second-order valence-electron chi connectivity index (χ2n) is 7.05. The average Bonchev–Trinajstić information content (AvgIpc) is 3.25. The van der Waals surface area contributed by atoms with Crippen LogP contribution in [0.1, 0.15) is 17.0 Å². The zero-order chi connectivity index (χ0) is 22.7. The summed E-state index contributed by atoms with van der Waals surface area (Å²) in [6, 6.07) is 23.1. The topological polar surface area (TPSA) is 71.3 Å². The second kappa shape index (κ2) is 9.32. The van der Waals surface area contributed by atoms with Crippen LogP contribution in [0, 0.1) is 0 Å². The van der Waals surface area contributed by atoms with Crippen LogP contribution in [0.3, 0.4) is 0 Å². The standard InChI is InChI=1S/C23H19Cl2N3O3S/c1-31-19-11-7-17(8-12-19)22-21(16-5-3-2-4-6-16)15-28(26-22)23(25)27-32(29,30)20-13-9-18(24)10-14-20/h2-14,21H,15H2,1H3/b27-23+. The lowest BCUT2D eigenvalue weighted by Gasteiger charge is -2.15. The molecule has 3 aromatic carbocycles. The molecule has 1 aliphatic heterocycles. The monoisotopic (exact) mass is 487 g/mol. The van der Waals surface area contributed by atoms with Gasteiger partial charge in [-0.3, -0.25) is 0 Å². The van der Waals surface area contributed by atoms with Crippen molar-refractivity contribution in [1.82, 2.24) is 5.01 Å². The van der Waals surface area contributed by atoms with Crippen molar-refractivity contribution in [3.05, 3.63) is 95.0 Å². The number of halogens is 2. The molecule has 0 radical (unpaired) electrons. The zero-order valence-electron chi connectivity index (χ0n) is 17.0. The molecule has 9 heteroatoms. The Balaban J connectivity index is 1.69. The molecule has 3 aromatic rings. The minimum Gasteiger partial charge on any atom is -0.497 e. The molecule has 1 atom stereocenters. The van der Waals surface area contributed by atoms with Crippen molar-refractivity contribution in [2.75, 3.05) is 13.7 Å². The molecule has 1 aliphatic rings. The van der Waals surface area contributed by atoms with Crippen LogP contribution in [-0.4, -0.2) is 38.1 Å². The zero-order valence-corrected chi connectivity index (χ0v) is 19.3. The third-order valence-electron chi connectivity index (χ3n) is 5.02. The molecule has 4 rings (SSSR count). The summed E-state index contributed by atoms with van der Waals surface area (Å²) in [5, 5.41) is 6.23. The quantitative estimate of drug-likeness (QED) is 0.284. The summed E-state index contributed by atoms with van der Waals surface area (Å²) in [5.74, 6) is 0.612. The van der Waals surface area contributed by atoms with Gasteiger partial charge in [0.15, 0.2) is 0 Å². The van der Waals surface area contributed by atoms with E-state index in [1.165, 1.54) is 29.3 Å². The van der Waals surface area contributed by atoms with E-state index in [2.05, 4.69) is 9.50 Å². The highest BCUT2D eigenvalue weighted by atomic mass is 35.5. The molecule has 0 aromatic heterocycles. The van der Waals surface area contributed by atoms with Crippen LogP contribution in [0.5, 0.6) is 5.75 Å². The number of sulfonamides is 1. The Bertz CT molecular complexity index is 1260. The van der Waals surface area contributed by atoms with Crippen molar-refractivity contribution in [3.8, 4) is 5.75 Å². The molecular formula is C23H19Cl2N3O3S. The maximum atomic E-state index is 12.7. The lowest BCUT2D eigenvalue weighted by atomic mass is 9.91. The molecule has 0 aliphatic carbocycles. The Morgan fingerprint density at radius 2 is 1.69 bits per heavy atom. The molecule has 0 amide bonds. The van der Waals surface area contributed by atoms with Crippen LogP contribution in [-0.2, 0) is 10.0 Å². The largest absolute Gasteiger partial charge is 0.497 e. The Morgan fingerprint density at radius 1 is 1.03 bits per heavy atom. The number of rotatable bonds is 5. The Hall–Kier alpha value is -2.87. The first kappa shape index (κ1) is 22.3. The summed E-state index contributed by atoms with van der Waals surface area (Å²) < 4.78 is 34.4. The van der Waals surface area contributed by atoms with Crippen molar-refractivity contribution in [3.63, 3.8) is 0 Å². The predicted molar refractivity (Wildman–Crippen MR) is 127 cm³/mol. The lowest BCUT2D eigenvalue weighted by molar-refractivity contribution is 0.415. The highest BCUT2D eigenvalue weighted by Crippen LogP contribution is 2.30. The maximum absolute atomic E-state index is 12.7. The Kier molecular flexibility index (Phi) is 6.50. The van der Waals surface area contributed by atoms with Crippen molar-refractivity contribution < 1.29 is 13.2 Å². The Morgan fingerprint density at radius 3 is 2.31 bits per heavy atom. The van der Waals surface area contributed by atoms with Crippen LogP contribution in [0.15, 0.2) is 93.3 Å². The minimum absolute atomic E-state index is 0.00165. The third kappa shape index (κ3) is 4.80. The van der Waals surface area contributed by atoms with Gasteiger partial charge < -0.3 is 4.74 Å². The van der Waals surface area contributed by atoms with E-state index in [9.17, 15) is 8.42 Å². The van der Waals surface area contributed by atoms with Crippen molar-refractivity contribution in [2.45, 2.75) is 10.8 Å². The molecular weight excluding hydrogens is 469 g/mol. The van der Waals surface area contributed by atoms with Gasteiger partial charge in [-0.2, -0.15) is 13.5 Å². The van der Waals surface area contributed by atoms with E-state index < -0.39 is 10.0 Å². The first-order valence-electron chi connectivity index (χ1n) is 9.69. The van der Waals surface area contributed by atoms with E-state index in [-0.39, 0.29) is 16.1 Å². The Labute approximate surface area is 196 Å². The molecule has 1 unspecified atom stereocenters. The van der Waals surface area contributed by atoms with Crippen molar-refractivity contribution >= 4 is 44.2 Å². The number of benzene rings is 3. The van der Waals surface area contributed by atoms with E-state index in [1.807, 2.05) is 54.6 Å². The van der Waals surface area contributed by atoms with Gasteiger partial charge in [-0.25, -0.2) is 5.01 Å². The molecule has 0 bridgehead atoms. The first-order valence-corrected chi connectivity index (χ1v) is 11.9. The van der Waals surface area contributed by atoms with Crippen LogP contribution < -0.4 is 4.74 Å². The summed E-state index contributed by atoms with van der Waals surface area (Å²) in [5.41, 5.74) is 2.68. The van der Waals surface area contributed by atoms with Crippen LogP contribution in [0.4, 0.5) is 0 Å². The molecule has 0 N–H and O–H groups in total. The third-order valence-corrected chi connectivity index (χ3v) is 6.93. The molecule has 0 saturated carbocycles. The van der Waals surface area contributed by atoms with E-state index >= 15 is 0 Å². The van der Waals surface area contributed by atoms with Gasteiger partial charge in [0.2, 0.25) is 5.29 Å². The summed E-state index contributed by atoms with van der Waals surface area (Å²) in [6.07, 6.45) is 0. The van der Waals surface area contributed by atoms with E-state index in [0.717, 1.165) is 22.6 Å². The fourth-order valence-corrected chi connectivity index (χ4v) is 4.77. The molecule has 32 heavy (non-hydrogen) atoms. The number of hydrogen-bond donors (Lipinski definition) is 0. The van der Waals surface area contributed by atoms with E-state index in [0.29, 0.717) is 11.6 Å². The van der Waals surface area contributed by atoms with Gasteiger partial charge in [-0.15, -0.1) is 4.40 Å². The summed E-state index contributed by atoms with van der Waals surface area (Å²) in [7, 11) is -2.41. The van der Waals surface area contributed by atoms with Crippen molar-refractivity contribution in [1.29, 1.82) is 0 Å². The van der Waals surface area contributed by atoms with Gasteiger partial charge >= 0.3 is 0 Å². The van der Waals surface area contributed by atoms with Gasteiger partial charge in [-0.05, 0) is 71.3 Å². The fourth-order valence-electron chi connectivity index (χ4n) is 3.39. The number of nitrogens with zero attached hydrogens (tertiary/aromatic N) is 3. The smallest absolute Gasteiger partial charge is 0.285 e. The SMILES string of the molecule is COc1ccc(C2=NN(/C(Cl)=N/S(=O)(=O)c3ccc(Cl)cc3)CC2c2ccccc2)cc1. The molecule has 164 valence electrons.